The van der Waals surface area contributed by atoms with Crippen molar-refractivity contribution in [2.24, 2.45) is 5.73 Å². The molecule has 1 aromatic heterocycles. The minimum Gasteiger partial charge on any atom is -0.376 e. The molecule has 0 saturated carbocycles. The molecule has 0 spiro atoms. The van der Waals surface area contributed by atoms with Crippen molar-refractivity contribution >= 4 is 44.6 Å². The Hall–Kier alpha value is -0.550. The van der Waals surface area contributed by atoms with Gasteiger partial charge in [0.15, 0.2) is 0 Å². The number of rotatable bonds is 4. The summed E-state index contributed by atoms with van der Waals surface area (Å²) >= 11 is 11.3. The second kappa shape index (κ2) is 6.69. The van der Waals surface area contributed by atoms with E-state index in [-0.39, 0.29) is 11.5 Å². The summed E-state index contributed by atoms with van der Waals surface area (Å²) in [6, 6.07) is 10.3. The lowest BCUT2D eigenvalue weighted by molar-refractivity contribution is 0.604. The van der Waals surface area contributed by atoms with Gasteiger partial charge >= 0.3 is 0 Å². The molecule has 3 N–H and O–H groups in total. The summed E-state index contributed by atoms with van der Waals surface area (Å²) in [4.78, 5) is 2.62. The van der Waals surface area contributed by atoms with Crippen LogP contribution in [0.1, 0.15) is 36.6 Å². The van der Waals surface area contributed by atoms with Crippen LogP contribution in [0.15, 0.2) is 34.8 Å². The lowest BCUT2D eigenvalue weighted by Crippen LogP contribution is -2.19. The SMILES string of the molecule is CC(C)(C)c1ccc(C(CN)Nc2ccc(Br)c(Cl)c2)s1. The summed E-state index contributed by atoms with van der Waals surface area (Å²) in [5, 5.41) is 4.15. The fraction of sp³-hybridized carbons (Fsp3) is 0.375. The molecule has 0 fully saturated rings. The van der Waals surface area contributed by atoms with Gasteiger partial charge in [-0.2, -0.15) is 0 Å². The van der Waals surface area contributed by atoms with Gasteiger partial charge in [0.2, 0.25) is 0 Å². The maximum absolute atomic E-state index is 6.13. The number of anilines is 1. The monoisotopic (exact) mass is 386 g/mol. The van der Waals surface area contributed by atoms with Gasteiger partial charge in [0.25, 0.3) is 0 Å². The maximum atomic E-state index is 6.13. The lowest BCUT2D eigenvalue weighted by atomic mass is 9.95. The van der Waals surface area contributed by atoms with Crippen molar-refractivity contribution in [3.05, 3.63) is 49.6 Å². The van der Waals surface area contributed by atoms with Crippen molar-refractivity contribution in [2.75, 3.05) is 11.9 Å². The Labute approximate surface area is 143 Å². The molecule has 1 atom stereocenters. The Bertz CT molecular complexity index is 619. The molecular weight excluding hydrogens is 368 g/mol. The molecule has 0 aliphatic heterocycles. The second-order valence-corrected chi connectivity index (χ2v) is 8.39. The summed E-state index contributed by atoms with van der Waals surface area (Å²) < 4.78 is 0.894. The lowest BCUT2D eigenvalue weighted by Gasteiger charge is -2.18. The van der Waals surface area contributed by atoms with Crippen molar-refractivity contribution in [1.82, 2.24) is 0 Å². The molecule has 2 rings (SSSR count). The molecule has 21 heavy (non-hydrogen) atoms. The molecule has 1 unspecified atom stereocenters. The molecule has 114 valence electrons. The van der Waals surface area contributed by atoms with Gasteiger partial charge in [0, 0.05) is 26.5 Å². The van der Waals surface area contributed by atoms with Crippen molar-refractivity contribution < 1.29 is 0 Å². The Kier molecular flexibility index (Phi) is 5.36. The van der Waals surface area contributed by atoms with Crippen molar-refractivity contribution in [3.63, 3.8) is 0 Å². The molecule has 5 heteroatoms. The Morgan fingerprint density at radius 2 is 2.00 bits per heavy atom. The van der Waals surface area contributed by atoms with Crippen LogP contribution in [-0.4, -0.2) is 6.54 Å². The minimum absolute atomic E-state index is 0.100. The van der Waals surface area contributed by atoms with E-state index in [2.05, 4.69) is 54.2 Å². The average Bonchev–Trinajstić information content (AvgIpc) is 2.89. The number of nitrogens with one attached hydrogen (secondary N) is 1. The largest absolute Gasteiger partial charge is 0.376 e. The number of nitrogens with two attached hydrogens (primary N) is 1. The van der Waals surface area contributed by atoms with Crippen LogP contribution in [0.5, 0.6) is 0 Å². The molecule has 0 aliphatic rings. The molecular formula is C16H20BrClN2S. The topological polar surface area (TPSA) is 38.0 Å². The molecule has 2 aromatic rings. The van der Waals surface area contributed by atoms with Gasteiger partial charge in [-0.3, -0.25) is 0 Å². The normalized spacial score (nSPS) is 13.2. The van der Waals surface area contributed by atoms with E-state index in [9.17, 15) is 0 Å². The van der Waals surface area contributed by atoms with Gasteiger partial charge in [0.1, 0.15) is 0 Å². The van der Waals surface area contributed by atoms with E-state index in [1.807, 2.05) is 29.5 Å². The average molecular weight is 388 g/mol. The van der Waals surface area contributed by atoms with E-state index in [0.717, 1.165) is 10.2 Å². The van der Waals surface area contributed by atoms with E-state index in [1.54, 1.807) is 0 Å². The molecule has 2 nitrogen and oxygen atoms in total. The van der Waals surface area contributed by atoms with Gasteiger partial charge in [-0.15, -0.1) is 11.3 Å². The van der Waals surface area contributed by atoms with Crippen LogP contribution in [0.4, 0.5) is 5.69 Å². The van der Waals surface area contributed by atoms with E-state index in [0.29, 0.717) is 11.6 Å². The highest BCUT2D eigenvalue weighted by atomic mass is 79.9. The number of thiophene rings is 1. The number of hydrogen-bond acceptors (Lipinski definition) is 3. The highest BCUT2D eigenvalue weighted by molar-refractivity contribution is 9.10. The van der Waals surface area contributed by atoms with E-state index in [1.165, 1.54) is 9.75 Å². The summed E-state index contributed by atoms with van der Waals surface area (Å²) in [5.41, 5.74) is 7.09. The van der Waals surface area contributed by atoms with Gasteiger partial charge in [-0.25, -0.2) is 0 Å². The van der Waals surface area contributed by atoms with Gasteiger partial charge < -0.3 is 11.1 Å². The molecule has 0 saturated heterocycles. The quantitative estimate of drug-likeness (QED) is 0.719. The first kappa shape index (κ1) is 16.8. The van der Waals surface area contributed by atoms with Gasteiger partial charge in [0.05, 0.1) is 11.1 Å². The van der Waals surface area contributed by atoms with Gasteiger partial charge in [-0.1, -0.05) is 32.4 Å². The number of halogens is 2. The summed E-state index contributed by atoms with van der Waals surface area (Å²) in [6.07, 6.45) is 0. The van der Waals surface area contributed by atoms with Crippen LogP contribution in [0.3, 0.4) is 0 Å². The molecule has 0 bridgehead atoms. The predicted molar refractivity (Wildman–Crippen MR) is 97.6 cm³/mol. The van der Waals surface area contributed by atoms with Crippen LogP contribution in [0.2, 0.25) is 5.02 Å². The summed E-state index contributed by atoms with van der Waals surface area (Å²) in [5.74, 6) is 0. The highest BCUT2D eigenvalue weighted by Crippen LogP contribution is 2.34. The third-order valence-electron chi connectivity index (χ3n) is 3.21. The zero-order valence-electron chi connectivity index (χ0n) is 12.4. The van der Waals surface area contributed by atoms with Crippen LogP contribution in [0, 0.1) is 0 Å². The summed E-state index contributed by atoms with van der Waals surface area (Å²) in [6.45, 7) is 7.21. The Morgan fingerprint density at radius 1 is 1.29 bits per heavy atom. The molecule has 0 radical (unpaired) electrons. The summed E-state index contributed by atoms with van der Waals surface area (Å²) in [7, 11) is 0. The fourth-order valence-electron chi connectivity index (χ4n) is 1.98. The van der Waals surface area contributed by atoms with Crippen LogP contribution < -0.4 is 11.1 Å². The second-order valence-electron chi connectivity index (χ2n) is 6.01. The van der Waals surface area contributed by atoms with Crippen LogP contribution in [0.25, 0.3) is 0 Å². The standard InChI is InChI=1S/C16H20BrClN2S/c1-16(2,3)15-7-6-14(21-15)13(9-19)20-10-4-5-11(17)12(18)8-10/h4-8,13,20H,9,19H2,1-3H3. The zero-order chi connectivity index (χ0) is 15.6. The first-order valence-corrected chi connectivity index (χ1v) is 8.82. The Balaban J connectivity index is 2.19. The third-order valence-corrected chi connectivity index (χ3v) is 6.06. The first-order chi connectivity index (χ1) is 9.81. The molecule has 1 aromatic carbocycles. The molecule has 0 aliphatic carbocycles. The van der Waals surface area contributed by atoms with Crippen molar-refractivity contribution in [1.29, 1.82) is 0 Å². The van der Waals surface area contributed by atoms with E-state index >= 15 is 0 Å². The Morgan fingerprint density at radius 3 is 2.52 bits per heavy atom. The predicted octanol–water partition coefficient (Wildman–Crippen LogP) is 5.57. The third kappa shape index (κ3) is 4.22. The van der Waals surface area contributed by atoms with E-state index in [4.69, 9.17) is 17.3 Å². The number of hydrogen-bond donors (Lipinski definition) is 2. The van der Waals surface area contributed by atoms with Crippen LogP contribution >= 0.6 is 38.9 Å². The maximum Gasteiger partial charge on any atom is 0.0728 e. The van der Waals surface area contributed by atoms with Crippen molar-refractivity contribution in [3.8, 4) is 0 Å². The zero-order valence-corrected chi connectivity index (χ0v) is 15.6. The van der Waals surface area contributed by atoms with Crippen LogP contribution in [-0.2, 0) is 5.41 Å². The first-order valence-electron chi connectivity index (χ1n) is 6.83. The molecule has 1 heterocycles. The van der Waals surface area contributed by atoms with Gasteiger partial charge in [-0.05, 0) is 51.7 Å². The highest BCUT2D eigenvalue weighted by Gasteiger charge is 2.19. The number of benzene rings is 1. The van der Waals surface area contributed by atoms with Crippen molar-refractivity contribution in [2.45, 2.75) is 32.2 Å². The van der Waals surface area contributed by atoms with E-state index < -0.39 is 0 Å². The smallest absolute Gasteiger partial charge is 0.0728 e. The minimum atomic E-state index is 0.100. The fourth-order valence-corrected chi connectivity index (χ4v) is 3.53. The molecule has 0 amide bonds.